The summed E-state index contributed by atoms with van der Waals surface area (Å²) in [5.41, 5.74) is 7.13. The molecule has 3 N–H and O–H groups in total. The van der Waals surface area contributed by atoms with Gasteiger partial charge in [-0.2, -0.15) is 0 Å². The van der Waals surface area contributed by atoms with Crippen LogP contribution in [0.3, 0.4) is 0 Å². The molecule has 0 bridgehead atoms. The molecule has 1 aromatic rings. The molecule has 2 aliphatic heterocycles. The topological polar surface area (TPSA) is 81.8 Å². The number of nitrogen functional groups attached to an aromatic ring is 1. The number of anilines is 3. The number of piperidine rings is 1. The van der Waals surface area contributed by atoms with Gasteiger partial charge in [0.15, 0.2) is 11.6 Å². The Balaban J connectivity index is 1.72. The average molecular weight is 320 g/mol. The van der Waals surface area contributed by atoms with Gasteiger partial charge in [-0.25, -0.2) is 9.97 Å². The highest BCUT2D eigenvalue weighted by Crippen LogP contribution is 2.31. The highest BCUT2D eigenvalue weighted by Gasteiger charge is 2.24. The van der Waals surface area contributed by atoms with Crippen molar-refractivity contribution < 1.29 is 5.11 Å². The third-order valence-corrected chi connectivity index (χ3v) is 4.89. The number of piperazine rings is 1. The number of hydrogen-bond acceptors (Lipinski definition) is 7. The molecule has 1 atom stereocenters. The molecule has 2 aliphatic rings. The average Bonchev–Trinajstić information content (AvgIpc) is 2.56. The highest BCUT2D eigenvalue weighted by molar-refractivity contribution is 5.75. The molecule has 128 valence electrons. The molecular formula is C16H28N6O. The monoisotopic (exact) mass is 320 g/mol. The van der Waals surface area contributed by atoms with Crippen molar-refractivity contribution in [3.8, 4) is 0 Å². The third-order valence-electron chi connectivity index (χ3n) is 4.89. The maximum Gasteiger partial charge on any atom is 0.157 e. The Labute approximate surface area is 138 Å². The van der Waals surface area contributed by atoms with Crippen molar-refractivity contribution in [2.24, 2.45) is 5.92 Å². The van der Waals surface area contributed by atoms with E-state index < -0.39 is 0 Å². The van der Waals surface area contributed by atoms with Gasteiger partial charge in [-0.15, -0.1) is 0 Å². The molecule has 23 heavy (non-hydrogen) atoms. The summed E-state index contributed by atoms with van der Waals surface area (Å²) >= 11 is 0. The zero-order chi connectivity index (χ0) is 16.2. The molecule has 3 heterocycles. The van der Waals surface area contributed by atoms with Gasteiger partial charge in [-0.1, -0.05) is 6.92 Å². The van der Waals surface area contributed by atoms with Crippen LogP contribution in [-0.4, -0.2) is 72.4 Å². The first kappa shape index (κ1) is 16.3. The standard InChI is InChI=1S/C16H28N6O/c1-13-3-2-4-22(11-13)16-14(17)15(18-12-19-16)21-7-5-20(6-8-21)9-10-23/h12-13,23H,2-11,17H2,1H3. The number of nitrogens with zero attached hydrogens (tertiary/aromatic N) is 5. The molecule has 3 rings (SSSR count). The van der Waals surface area contributed by atoms with Gasteiger partial charge in [0.25, 0.3) is 0 Å². The first-order valence-corrected chi connectivity index (χ1v) is 8.62. The summed E-state index contributed by atoms with van der Waals surface area (Å²) in [5, 5.41) is 9.05. The van der Waals surface area contributed by atoms with E-state index in [4.69, 9.17) is 10.8 Å². The van der Waals surface area contributed by atoms with E-state index in [0.717, 1.165) is 57.4 Å². The second-order valence-corrected chi connectivity index (χ2v) is 6.68. The SMILES string of the molecule is CC1CCCN(c2ncnc(N3CCN(CCO)CC3)c2N)C1. The van der Waals surface area contributed by atoms with Crippen LogP contribution in [-0.2, 0) is 0 Å². The number of rotatable bonds is 4. The van der Waals surface area contributed by atoms with Gasteiger partial charge in [0.05, 0.1) is 6.61 Å². The van der Waals surface area contributed by atoms with Crippen molar-refractivity contribution >= 4 is 17.3 Å². The molecule has 1 unspecified atom stereocenters. The van der Waals surface area contributed by atoms with E-state index in [1.807, 2.05) is 0 Å². The summed E-state index contributed by atoms with van der Waals surface area (Å²) < 4.78 is 0. The minimum Gasteiger partial charge on any atom is -0.395 e. The second-order valence-electron chi connectivity index (χ2n) is 6.68. The normalized spacial score (nSPS) is 23.3. The summed E-state index contributed by atoms with van der Waals surface area (Å²) in [6, 6.07) is 0. The van der Waals surface area contributed by atoms with Crippen LogP contribution in [0.15, 0.2) is 6.33 Å². The summed E-state index contributed by atoms with van der Waals surface area (Å²) in [5.74, 6) is 2.43. The Kier molecular flexibility index (Phi) is 5.17. The van der Waals surface area contributed by atoms with E-state index in [0.29, 0.717) is 11.6 Å². The van der Waals surface area contributed by atoms with E-state index in [1.54, 1.807) is 6.33 Å². The van der Waals surface area contributed by atoms with Gasteiger partial charge in [-0.3, -0.25) is 4.90 Å². The lowest BCUT2D eigenvalue weighted by Gasteiger charge is -2.37. The Bertz CT molecular complexity index is 517. The molecule has 2 saturated heterocycles. The molecule has 0 aromatic carbocycles. The number of aromatic nitrogens is 2. The lowest BCUT2D eigenvalue weighted by molar-refractivity contribution is 0.188. The molecule has 1 aromatic heterocycles. The largest absolute Gasteiger partial charge is 0.395 e. The number of nitrogens with two attached hydrogens (primary N) is 1. The lowest BCUT2D eigenvalue weighted by atomic mass is 10.0. The zero-order valence-corrected chi connectivity index (χ0v) is 14.0. The molecule has 7 nitrogen and oxygen atoms in total. The fourth-order valence-corrected chi connectivity index (χ4v) is 3.59. The Morgan fingerprint density at radius 2 is 1.83 bits per heavy atom. The smallest absolute Gasteiger partial charge is 0.157 e. The summed E-state index contributed by atoms with van der Waals surface area (Å²) in [7, 11) is 0. The second kappa shape index (κ2) is 7.31. The molecule has 7 heteroatoms. The van der Waals surface area contributed by atoms with Crippen molar-refractivity contribution in [3.63, 3.8) is 0 Å². The number of β-amino-alcohol motifs (C(OH)–C–C–N with tert-alkyl or cyclic N) is 1. The van der Waals surface area contributed by atoms with Crippen LogP contribution in [0.1, 0.15) is 19.8 Å². The molecule has 0 saturated carbocycles. The lowest BCUT2D eigenvalue weighted by Crippen LogP contribution is -2.47. The number of aliphatic hydroxyl groups excluding tert-OH is 1. The maximum absolute atomic E-state index is 9.05. The van der Waals surface area contributed by atoms with Crippen molar-refractivity contribution in [2.75, 3.05) is 68.0 Å². The number of hydrogen-bond donors (Lipinski definition) is 2. The minimum absolute atomic E-state index is 0.215. The van der Waals surface area contributed by atoms with Gasteiger partial charge in [0, 0.05) is 45.8 Å². The fourth-order valence-electron chi connectivity index (χ4n) is 3.59. The fraction of sp³-hybridized carbons (Fsp3) is 0.750. The van der Waals surface area contributed by atoms with Crippen LogP contribution in [0.2, 0.25) is 0 Å². The molecule has 0 amide bonds. The Hall–Kier alpha value is -1.60. The van der Waals surface area contributed by atoms with E-state index in [2.05, 4.69) is 31.6 Å². The molecule has 0 aliphatic carbocycles. The summed E-state index contributed by atoms with van der Waals surface area (Å²) in [4.78, 5) is 15.7. The van der Waals surface area contributed by atoms with Gasteiger partial charge in [0.2, 0.25) is 0 Å². The predicted octanol–water partition coefficient (Wildman–Crippen LogP) is 0.409. The van der Waals surface area contributed by atoms with Crippen LogP contribution in [0, 0.1) is 5.92 Å². The van der Waals surface area contributed by atoms with Crippen molar-refractivity contribution in [1.82, 2.24) is 14.9 Å². The summed E-state index contributed by atoms with van der Waals surface area (Å²) in [6.45, 7) is 8.91. The first-order valence-electron chi connectivity index (χ1n) is 8.62. The molecular weight excluding hydrogens is 292 g/mol. The molecule has 2 fully saturated rings. The van der Waals surface area contributed by atoms with Crippen molar-refractivity contribution in [2.45, 2.75) is 19.8 Å². The van der Waals surface area contributed by atoms with Gasteiger partial charge in [-0.05, 0) is 18.8 Å². The zero-order valence-electron chi connectivity index (χ0n) is 14.0. The van der Waals surface area contributed by atoms with Crippen molar-refractivity contribution in [1.29, 1.82) is 0 Å². The highest BCUT2D eigenvalue weighted by atomic mass is 16.3. The van der Waals surface area contributed by atoms with Crippen LogP contribution in [0.4, 0.5) is 17.3 Å². The van der Waals surface area contributed by atoms with Gasteiger partial charge < -0.3 is 20.6 Å². The van der Waals surface area contributed by atoms with E-state index in [9.17, 15) is 0 Å². The van der Waals surface area contributed by atoms with Crippen LogP contribution >= 0.6 is 0 Å². The van der Waals surface area contributed by atoms with Gasteiger partial charge in [0.1, 0.15) is 12.0 Å². The van der Waals surface area contributed by atoms with Crippen molar-refractivity contribution in [3.05, 3.63) is 6.33 Å². The van der Waals surface area contributed by atoms with Crippen LogP contribution in [0.5, 0.6) is 0 Å². The van der Waals surface area contributed by atoms with E-state index in [1.165, 1.54) is 12.8 Å². The van der Waals surface area contributed by atoms with Gasteiger partial charge >= 0.3 is 0 Å². The van der Waals surface area contributed by atoms with Crippen LogP contribution < -0.4 is 15.5 Å². The quantitative estimate of drug-likeness (QED) is 0.831. The number of aliphatic hydroxyl groups is 1. The molecule has 0 radical (unpaired) electrons. The Morgan fingerprint density at radius 1 is 1.13 bits per heavy atom. The first-order chi connectivity index (χ1) is 11.2. The predicted molar refractivity (Wildman–Crippen MR) is 92.8 cm³/mol. The Morgan fingerprint density at radius 3 is 2.48 bits per heavy atom. The van der Waals surface area contributed by atoms with E-state index in [-0.39, 0.29) is 6.61 Å². The minimum atomic E-state index is 0.215. The molecule has 0 spiro atoms. The third kappa shape index (κ3) is 3.67. The van der Waals surface area contributed by atoms with E-state index >= 15 is 0 Å². The maximum atomic E-state index is 9.05. The van der Waals surface area contributed by atoms with Crippen LogP contribution in [0.25, 0.3) is 0 Å². The summed E-state index contributed by atoms with van der Waals surface area (Å²) in [6.07, 6.45) is 4.11.